The van der Waals surface area contributed by atoms with Crippen molar-refractivity contribution < 1.29 is 15.0 Å². The predicted octanol–water partition coefficient (Wildman–Crippen LogP) is 2.49. The maximum absolute atomic E-state index is 10.7. The quantitative estimate of drug-likeness (QED) is 0.876. The van der Waals surface area contributed by atoms with Crippen LogP contribution in [0.3, 0.4) is 0 Å². The first-order valence-corrected chi connectivity index (χ1v) is 7.30. The predicted molar refractivity (Wildman–Crippen MR) is 77.9 cm³/mol. The zero-order valence-corrected chi connectivity index (χ0v) is 12.1. The van der Waals surface area contributed by atoms with Gasteiger partial charge in [0.2, 0.25) is 0 Å². The fraction of sp³-hybridized carbons (Fsp3) is 0.533. The average molecular weight is 298 g/mol. The van der Waals surface area contributed by atoms with Crippen LogP contribution in [0.15, 0.2) is 24.3 Å². The number of hydrogen-bond donors (Lipinski definition) is 2. The number of likely N-dealkylation sites (tertiary alicyclic amines) is 1. The highest BCUT2D eigenvalue weighted by molar-refractivity contribution is 6.30. The van der Waals surface area contributed by atoms with Gasteiger partial charge in [-0.1, -0.05) is 23.7 Å². The van der Waals surface area contributed by atoms with Crippen LogP contribution < -0.4 is 0 Å². The molecule has 0 bridgehead atoms. The molecule has 2 rings (SSSR count). The Morgan fingerprint density at radius 2 is 1.85 bits per heavy atom. The number of halogens is 1. The third-order valence-electron chi connectivity index (χ3n) is 3.93. The average Bonchev–Trinajstić information content (AvgIpc) is 2.41. The van der Waals surface area contributed by atoms with Crippen LogP contribution in [0.5, 0.6) is 0 Å². The largest absolute Gasteiger partial charge is 0.481 e. The minimum absolute atomic E-state index is 0.206. The number of carbonyl (C=O) groups is 1. The van der Waals surface area contributed by atoms with Crippen LogP contribution in [0.1, 0.15) is 31.2 Å². The number of piperidine rings is 1. The lowest BCUT2D eigenvalue weighted by Gasteiger charge is -2.38. The summed E-state index contributed by atoms with van der Waals surface area (Å²) in [5.41, 5.74) is 0.125. The Balaban J connectivity index is 1.86. The molecule has 0 spiro atoms. The van der Waals surface area contributed by atoms with Crippen LogP contribution in [0.25, 0.3) is 0 Å². The van der Waals surface area contributed by atoms with Crippen LogP contribution in [-0.4, -0.2) is 40.7 Å². The number of rotatable bonds is 5. The van der Waals surface area contributed by atoms with Crippen molar-refractivity contribution in [1.82, 2.24) is 4.90 Å². The van der Waals surface area contributed by atoms with Gasteiger partial charge < -0.3 is 15.1 Å². The van der Waals surface area contributed by atoms with Crippen molar-refractivity contribution in [2.75, 3.05) is 19.6 Å². The van der Waals surface area contributed by atoms with E-state index in [0.29, 0.717) is 24.3 Å². The maximum atomic E-state index is 10.7. The highest BCUT2D eigenvalue weighted by Gasteiger charge is 2.33. The van der Waals surface area contributed by atoms with Crippen molar-refractivity contribution in [2.24, 2.45) is 0 Å². The summed E-state index contributed by atoms with van der Waals surface area (Å²) in [5.74, 6) is -0.750. The second kappa shape index (κ2) is 6.57. The number of carboxylic acid groups (broad SMARTS) is 1. The summed E-state index contributed by atoms with van der Waals surface area (Å²) in [6, 6.07) is 7.35. The van der Waals surface area contributed by atoms with Crippen LogP contribution >= 0.6 is 11.6 Å². The molecule has 1 heterocycles. The molecule has 1 aliphatic rings. The van der Waals surface area contributed by atoms with E-state index in [1.807, 2.05) is 12.1 Å². The van der Waals surface area contributed by atoms with E-state index in [1.54, 1.807) is 12.1 Å². The van der Waals surface area contributed by atoms with E-state index in [-0.39, 0.29) is 6.42 Å². The summed E-state index contributed by atoms with van der Waals surface area (Å²) in [6.07, 6.45) is 2.20. The molecule has 5 heteroatoms. The number of aliphatic carboxylic acids is 1. The normalized spacial score (nSPS) is 18.9. The Hall–Kier alpha value is -1.10. The molecule has 1 aliphatic heterocycles. The van der Waals surface area contributed by atoms with E-state index in [0.717, 1.165) is 25.2 Å². The van der Waals surface area contributed by atoms with Crippen LogP contribution in [0.2, 0.25) is 5.02 Å². The summed E-state index contributed by atoms with van der Waals surface area (Å²) >= 11 is 5.86. The maximum Gasteiger partial charge on any atom is 0.303 e. The minimum atomic E-state index is -0.784. The lowest BCUT2D eigenvalue weighted by atomic mass is 9.84. The Labute approximate surface area is 124 Å². The summed E-state index contributed by atoms with van der Waals surface area (Å²) in [4.78, 5) is 12.7. The second-order valence-corrected chi connectivity index (χ2v) is 5.81. The van der Waals surface area contributed by atoms with Crippen molar-refractivity contribution in [2.45, 2.75) is 31.3 Å². The van der Waals surface area contributed by atoms with Gasteiger partial charge in [0.1, 0.15) is 0 Å². The summed E-state index contributed by atoms with van der Waals surface area (Å²) in [6.45, 7) is 2.36. The smallest absolute Gasteiger partial charge is 0.303 e. The van der Waals surface area contributed by atoms with Gasteiger partial charge in [-0.15, -0.1) is 0 Å². The lowest BCUT2D eigenvalue weighted by molar-refractivity contribution is -0.137. The Morgan fingerprint density at radius 3 is 2.40 bits per heavy atom. The molecular weight excluding hydrogens is 278 g/mol. The third-order valence-corrected chi connectivity index (χ3v) is 4.18. The van der Waals surface area contributed by atoms with Gasteiger partial charge >= 0.3 is 5.97 Å². The van der Waals surface area contributed by atoms with Crippen LogP contribution in [-0.2, 0) is 10.4 Å². The topological polar surface area (TPSA) is 60.8 Å². The molecule has 4 nitrogen and oxygen atoms in total. The molecular formula is C15H20ClNO3. The van der Waals surface area contributed by atoms with Crippen molar-refractivity contribution >= 4 is 17.6 Å². The first kappa shape index (κ1) is 15.3. The van der Waals surface area contributed by atoms with Gasteiger partial charge in [-0.05, 0) is 43.5 Å². The van der Waals surface area contributed by atoms with Gasteiger partial charge in [0.15, 0.2) is 0 Å². The molecule has 1 fully saturated rings. The van der Waals surface area contributed by atoms with Gasteiger partial charge in [0.25, 0.3) is 0 Å². The van der Waals surface area contributed by atoms with Gasteiger partial charge in [-0.3, -0.25) is 4.79 Å². The monoisotopic (exact) mass is 297 g/mol. The van der Waals surface area contributed by atoms with Gasteiger partial charge in [0.05, 0.1) is 5.60 Å². The minimum Gasteiger partial charge on any atom is -0.481 e. The summed E-state index contributed by atoms with van der Waals surface area (Å²) in [5, 5.41) is 20.0. The van der Waals surface area contributed by atoms with Crippen molar-refractivity contribution in [3.05, 3.63) is 34.9 Å². The molecule has 0 amide bonds. The molecule has 1 aromatic carbocycles. The number of aliphatic hydroxyl groups is 1. The number of nitrogens with zero attached hydrogens (tertiary/aromatic N) is 1. The van der Waals surface area contributed by atoms with Gasteiger partial charge in [-0.25, -0.2) is 0 Å². The molecule has 0 radical (unpaired) electrons. The summed E-state index contributed by atoms with van der Waals surface area (Å²) in [7, 11) is 0. The van der Waals surface area contributed by atoms with E-state index in [4.69, 9.17) is 16.7 Å². The SMILES string of the molecule is O=C(O)CCCN1CCC(O)(c2ccc(Cl)cc2)CC1. The second-order valence-electron chi connectivity index (χ2n) is 5.38. The Morgan fingerprint density at radius 1 is 1.25 bits per heavy atom. The first-order chi connectivity index (χ1) is 9.49. The molecule has 0 aliphatic carbocycles. The molecule has 0 atom stereocenters. The molecule has 1 aromatic rings. The third kappa shape index (κ3) is 3.95. The molecule has 2 N–H and O–H groups in total. The lowest BCUT2D eigenvalue weighted by Crippen LogP contribution is -2.42. The van der Waals surface area contributed by atoms with Crippen molar-refractivity contribution in [1.29, 1.82) is 0 Å². The molecule has 0 aromatic heterocycles. The number of carboxylic acids is 1. The standard InChI is InChI=1S/C15H20ClNO3/c16-13-5-3-12(4-6-13)15(20)7-10-17(11-8-15)9-1-2-14(18)19/h3-6,20H,1-2,7-11H2,(H,18,19). The van der Waals surface area contributed by atoms with Gasteiger partial charge in [0, 0.05) is 24.5 Å². The number of benzene rings is 1. The van der Waals surface area contributed by atoms with E-state index < -0.39 is 11.6 Å². The fourth-order valence-corrected chi connectivity index (χ4v) is 2.78. The molecule has 0 saturated carbocycles. The Kier molecular flexibility index (Phi) is 5.02. The highest BCUT2D eigenvalue weighted by atomic mass is 35.5. The van der Waals surface area contributed by atoms with E-state index >= 15 is 0 Å². The highest BCUT2D eigenvalue weighted by Crippen LogP contribution is 2.33. The Bertz CT molecular complexity index is 453. The summed E-state index contributed by atoms with van der Waals surface area (Å²) < 4.78 is 0. The van der Waals surface area contributed by atoms with E-state index in [9.17, 15) is 9.90 Å². The molecule has 110 valence electrons. The van der Waals surface area contributed by atoms with Crippen LogP contribution in [0, 0.1) is 0 Å². The fourth-order valence-electron chi connectivity index (χ4n) is 2.65. The zero-order valence-electron chi connectivity index (χ0n) is 11.4. The molecule has 0 unspecified atom stereocenters. The van der Waals surface area contributed by atoms with E-state index in [1.165, 1.54) is 0 Å². The zero-order chi connectivity index (χ0) is 14.6. The van der Waals surface area contributed by atoms with E-state index in [2.05, 4.69) is 4.90 Å². The molecule has 1 saturated heterocycles. The molecule has 20 heavy (non-hydrogen) atoms. The number of hydrogen-bond acceptors (Lipinski definition) is 3. The van der Waals surface area contributed by atoms with Crippen LogP contribution in [0.4, 0.5) is 0 Å². The van der Waals surface area contributed by atoms with Crippen molar-refractivity contribution in [3.8, 4) is 0 Å². The first-order valence-electron chi connectivity index (χ1n) is 6.92. The van der Waals surface area contributed by atoms with Crippen molar-refractivity contribution in [3.63, 3.8) is 0 Å². The van der Waals surface area contributed by atoms with Gasteiger partial charge in [-0.2, -0.15) is 0 Å².